The van der Waals surface area contributed by atoms with Gasteiger partial charge in [-0.05, 0) is 37.1 Å². The number of imidazole rings is 1. The summed E-state index contributed by atoms with van der Waals surface area (Å²) in [6.45, 7) is 2.08. The number of nitrogens with one attached hydrogen (secondary N) is 1. The summed E-state index contributed by atoms with van der Waals surface area (Å²) < 4.78 is 19.5. The molecule has 21 heavy (non-hydrogen) atoms. The lowest BCUT2D eigenvalue weighted by molar-refractivity contribution is 0.557. The minimum absolute atomic E-state index is 0.0548. The molecule has 7 heteroatoms. The number of hydrogen-bond donors (Lipinski definition) is 3. The van der Waals surface area contributed by atoms with Gasteiger partial charge in [-0.1, -0.05) is 35.9 Å². The summed E-state index contributed by atoms with van der Waals surface area (Å²) in [5.74, 6) is 0. The highest BCUT2D eigenvalue weighted by molar-refractivity contribution is 7.97. The van der Waals surface area contributed by atoms with E-state index in [0.717, 1.165) is 16.8 Å². The number of nitrogens with zero attached hydrogens (tertiary/aromatic N) is 1. The van der Waals surface area contributed by atoms with E-state index >= 15 is 0 Å². The molecule has 3 aromatic rings. The van der Waals surface area contributed by atoms with Crippen LogP contribution in [0.3, 0.4) is 0 Å². The van der Waals surface area contributed by atoms with Crippen LogP contribution in [-0.2, 0) is 11.1 Å². The third-order valence-corrected chi connectivity index (χ3v) is 3.72. The number of aromatic nitrogens is 2. The molecule has 5 nitrogen and oxygen atoms in total. The third-order valence-electron chi connectivity index (χ3n) is 2.67. The number of rotatable bonds is 2. The zero-order chi connectivity index (χ0) is 15.2. The van der Waals surface area contributed by atoms with E-state index in [-0.39, 0.29) is 5.16 Å². The molecule has 0 saturated heterocycles. The predicted octanol–water partition coefficient (Wildman–Crippen LogP) is 3.10. The summed E-state index contributed by atoms with van der Waals surface area (Å²) in [5, 5.41) is 5.44. The minimum Gasteiger partial charge on any atom is -0.329 e. The maximum absolute atomic E-state index is 10.7. The molecule has 0 amide bonds. The van der Waals surface area contributed by atoms with Crippen molar-refractivity contribution < 1.29 is 8.76 Å². The fourth-order valence-electron chi connectivity index (χ4n) is 1.66. The molecular formula is C14H15N3O2S2. The second-order valence-electron chi connectivity index (χ2n) is 4.24. The smallest absolute Gasteiger partial charge is 0.225 e. The van der Waals surface area contributed by atoms with Crippen molar-refractivity contribution in [3.8, 4) is 0 Å². The fourth-order valence-corrected chi connectivity index (χ4v) is 2.36. The van der Waals surface area contributed by atoms with Crippen molar-refractivity contribution in [3.63, 3.8) is 0 Å². The Morgan fingerprint density at radius 3 is 2.48 bits per heavy atom. The number of benzene rings is 2. The van der Waals surface area contributed by atoms with Gasteiger partial charge in [0.05, 0.1) is 11.0 Å². The highest BCUT2D eigenvalue weighted by atomic mass is 32.2. The molecular weight excluding hydrogens is 306 g/mol. The number of fused-ring (bicyclic) bond motifs is 1. The average molecular weight is 321 g/mol. The van der Waals surface area contributed by atoms with E-state index in [2.05, 4.69) is 29.0 Å². The van der Waals surface area contributed by atoms with Gasteiger partial charge in [0, 0.05) is 4.90 Å². The van der Waals surface area contributed by atoms with E-state index in [9.17, 15) is 4.21 Å². The Labute approximate surface area is 129 Å². The molecule has 0 spiro atoms. The van der Waals surface area contributed by atoms with Gasteiger partial charge in [-0.15, -0.1) is 0 Å². The van der Waals surface area contributed by atoms with E-state index in [1.54, 1.807) is 18.2 Å². The van der Waals surface area contributed by atoms with Gasteiger partial charge in [0.25, 0.3) is 0 Å². The SMILES string of the molecule is Cc1ccccc1.NSc1ccc2nc(S(=O)O)[nH]c2c1. The van der Waals surface area contributed by atoms with Crippen molar-refractivity contribution in [2.75, 3.05) is 0 Å². The standard InChI is InChI=1S/C7H7N3O2S2.C7H8/c8-13-4-1-2-5-6(3-4)10-7(9-5)14(11)12;1-7-5-3-2-4-6-7/h1-3H,8H2,(H,9,10)(H,11,12);2-6H,1H3. The highest BCUT2D eigenvalue weighted by Crippen LogP contribution is 2.19. The normalized spacial score (nSPS) is 11.8. The van der Waals surface area contributed by atoms with Crippen molar-refractivity contribution in [2.24, 2.45) is 5.14 Å². The summed E-state index contributed by atoms with van der Waals surface area (Å²) in [5.41, 5.74) is 2.68. The fraction of sp³-hybridized carbons (Fsp3) is 0.0714. The Kier molecular flexibility index (Phi) is 5.51. The largest absolute Gasteiger partial charge is 0.329 e. The van der Waals surface area contributed by atoms with Crippen LogP contribution in [0.15, 0.2) is 58.6 Å². The quantitative estimate of drug-likeness (QED) is 0.498. The third kappa shape index (κ3) is 4.40. The first-order valence-corrected chi connectivity index (χ1v) is 8.08. The van der Waals surface area contributed by atoms with E-state index in [1.165, 1.54) is 5.56 Å². The Balaban J connectivity index is 0.000000194. The van der Waals surface area contributed by atoms with Gasteiger partial charge in [-0.25, -0.2) is 9.19 Å². The number of hydrogen-bond acceptors (Lipinski definition) is 4. The van der Waals surface area contributed by atoms with Crippen molar-refractivity contribution in [3.05, 3.63) is 54.1 Å². The van der Waals surface area contributed by atoms with Gasteiger partial charge in [0.15, 0.2) is 0 Å². The van der Waals surface area contributed by atoms with E-state index in [1.807, 2.05) is 18.2 Å². The summed E-state index contributed by atoms with van der Waals surface area (Å²) in [6.07, 6.45) is 0. The maximum Gasteiger partial charge on any atom is 0.225 e. The van der Waals surface area contributed by atoms with Gasteiger partial charge < -0.3 is 4.98 Å². The van der Waals surface area contributed by atoms with Crippen molar-refractivity contribution in [1.82, 2.24) is 9.97 Å². The van der Waals surface area contributed by atoms with Crippen LogP contribution >= 0.6 is 11.9 Å². The predicted molar refractivity (Wildman–Crippen MR) is 86.4 cm³/mol. The number of aryl methyl sites for hydroxylation is 1. The second kappa shape index (κ2) is 7.37. The van der Waals surface area contributed by atoms with Crippen LogP contribution in [0.2, 0.25) is 0 Å². The molecule has 0 bridgehead atoms. The molecule has 1 unspecified atom stereocenters. The van der Waals surface area contributed by atoms with E-state index < -0.39 is 11.1 Å². The molecule has 110 valence electrons. The van der Waals surface area contributed by atoms with Crippen LogP contribution in [-0.4, -0.2) is 18.7 Å². The first-order chi connectivity index (χ1) is 10.1. The maximum atomic E-state index is 10.7. The second-order valence-corrected chi connectivity index (χ2v) is 5.83. The number of nitrogens with two attached hydrogens (primary N) is 1. The first-order valence-electron chi connectivity index (χ1n) is 6.09. The molecule has 1 aromatic heterocycles. The van der Waals surface area contributed by atoms with Crippen molar-refractivity contribution in [1.29, 1.82) is 0 Å². The molecule has 2 aromatic carbocycles. The van der Waals surface area contributed by atoms with Gasteiger partial charge >= 0.3 is 0 Å². The molecule has 1 heterocycles. The highest BCUT2D eigenvalue weighted by Gasteiger charge is 2.07. The van der Waals surface area contributed by atoms with Crippen molar-refractivity contribution in [2.45, 2.75) is 17.0 Å². The Bertz CT molecular complexity index is 744. The molecule has 3 rings (SSSR count). The van der Waals surface area contributed by atoms with Gasteiger partial charge in [0.1, 0.15) is 0 Å². The monoisotopic (exact) mass is 321 g/mol. The van der Waals surface area contributed by atoms with Crippen LogP contribution < -0.4 is 5.14 Å². The van der Waals surface area contributed by atoms with Crippen LogP contribution in [0, 0.1) is 6.92 Å². The van der Waals surface area contributed by atoms with Crippen molar-refractivity contribution >= 4 is 34.1 Å². The molecule has 0 fully saturated rings. The van der Waals surface area contributed by atoms with Crippen LogP contribution in [0.5, 0.6) is 0 Å². The van der Waals surface area contributed by atoms with Gasteiger partial charge in [0.2, 0.25) is 16.2 Å². The lowest BCUT2D eigenvalue weighted by Gasteiger charge is -1.92. The topological polar surface area (TPSA) is 92.0 Å². The average Bonchev–Trinajstić information content (AvgIpc) is 2.92. The summed E-state index contributed by atoms with van der Waals surface area (Å²) in [7, 11) is 0. The first kappa shape index (κ1) is 15.7. The van der Waals surface area contributed by atoms with E-state index in [4.69, 9.17) is 9.69 Å². The Morgan fingerprint density at radius 2 is 1.95 bits per heavy atom. The zero-order valence-corrected chi connectivity index (χ0v) is 12.9. The molecule has 0 saturated carbocycles. The molecule has 4 N–H and O–H groups in total. The van der Waals surface area contributed by atoms with Gasteiger partial charge in [-0.2, -0.15) is 0 Å². The Morgan fingerprint density at radius 1 is 1.24 bits per heavy atom. The minimum atomic E-state index is -2.07. The molecule has 0 aliphatic heterocycles. The molecule has 0 radical (unpaired) electrons. The molecule has 0 aliphatic carbocycles. The van der Waals surface area contributed by atoms with Crippen LogP contribution in [0.1, 0.15) is 5.56 Å². The number of H-pyrrole nitrogens is 1. The number of aromatic amines is 1. The summed E-state index contributed by atoms with van der Waals surface area (Å²) in [4.78, 5) is 7.54. The van der Waals surface area contributed by atoms with Crippen LogP contribution in [0.4, 0.5) is 0 Å². The lowest BCUT2D eigenvalue weighted by atomic mass is 10.2. The molecule has 0 aliphatic rings. The Hall–Kier alpha value is -1.67. The summed E-state index contributed by atoms with van der Waals surface area (Å²) >= 11 is -0.960. The van der Waals surface area contributed by atoms with E-state index in [0.29, 0.717) is 11.0 Å². The zero-order valence-electron chi connectivity index (χ0n) is 11.3. The summed E-state index contributed by atoms with van der Waals surface area (Å²) in [6, 6.07) is 15.6. The van der Waals surface area contributed by atoms with Crippen LogP contribution in [0.25, 0.3) is 11.0 Å². The van der Waals surface area contributed by atoms with Gasteiger partial charge in [-0.3, -0.25) is 9.69 Å². The lowest BCUT2D eigenvalue weighted by Crippen LogP contribution is -1.89. The molecule has 1 atom stereocenters.